The molecule has 0 amide bonds. The third-order valence-corrected chi connectivity index (χ3v) is 3.41. The van der Waals surface area contributed by atoms with Crippen LogP contribution in [0, 0.1) is 0 Å². The molecule has 1 atom stereocenters. The van der Waals surface area contributed by atoms with Crippen molar-refractivity contribution in [3.05, 3.63) is 23.2 Å². The highest BCUT2D eigenvalue weighted by molar-refractivity contribution is 8.00. The van der Waals surface area contributed by atoms with Gasteiger partial charge in [-0.1, -0.05) is 11.6 Å². The number of hydrogen-bond acceptors (Lipinski definition) is 4. The van der Waals surface area contributed by atoms with Crippen molar-refractivity contribution in [2.24, 2.45) is 0 Å². The van der Waals surface area contributed by atoms with Crippen LogP contribution in [0.1, 0.15) is 27.7 Å². The van der Waals surface area contributed by atoms with Crippen molar-refractivity contribution >= 4 is 35.0 Å². The van der Waals surface area contributed by atoms with Crippen molar-refractivity contribution in [2.75, 3.05) is 5.73 Å². The van der Waals surface area contributed by atoms with Crippen LogP contribution in [0.4, 0.5) is 5.69 Å². The van der Waals surface area contributed by atoms with E-state index in [1.807, 2.05) is 20.8 Å². The number of rotatable bonds is 3. The summed E-state index contributed by atoms with van der Waals surface area (Å²) in [5.74, 6) is -0.258. The molecule has 18 heavy (non-hydrogen) atoms. The Labute approximate surface area is 117 Å². The van der Waals surface area contributed by atoms with Gasteiger partial charge in [-0.15, -0.1) is 11.8 Å². The zero-order valence-electron chi connectivity index (χ0n) is 11.0. The van der Waals surface area contributed by atoms with E-state index in [1.165, 1.54) is 11.8 Å². The van der Waals surface area contributed by atoms with Crippen molar-refractivity contribution in [3.63, 3.8) is 0 Å². The van der Waals surface area contributed by atoms with E-state index in [1.54, 1.807) is 25.1 Å². The van der Waals surface area contributed by atoms with Gasteiger partial charge in [-0.2, -0.15) is 0 Å². The van der Waals surface area contributed by atoms with Crippen molar-refractivity contribution in [2.45, 2.75) is 43.4 Å². The van der Waals surface area contributed by atoms with Crippen molar-refractivity contribution in [1.82, 2.24) is 0 Å². The molecule has 0 bridgehead atoms. The highest BCUT2D eigenvalue weighted by Crippen LogP contribution is 2.32. The van der Waals surface area contributed by atoms with Crippen molar-refractivity contribution in [1.29, 1.82) is 0 Å². The van der Waals surface area contributed by atoms with Gasteiger partial charge in [-0.25, -0.2) is 0 Å². The van der Waals surface area contributed by atoms with Gasteiger partial charge in [0.2, 0.25) is 0 Å². The maximum atomic E-state index is 11.8. The minimum atomic E-state index is -0.480. The molecule has 0 saturated carbocycles. The summed E-state index contributed by atoms with van der Waals surface area (Å²) in [5.41, 5.74) is 5.96. The van der Waals surface area contributed by atoms with Crippen LogP contribution in [0.2, 0.25) is 5.02 Å². The lowest BCUT2D eigenvalue weighted by atomic mass is 10.2. The summed E-state index contributed by atoms with van der Waals surface area (Å²) in [6.45, 7) is 7.32. The van der Waals surface area contributed by atoms with E-state index in [2.05, 4.69) is 0 Å². The van der Waals surface area contributed by atoms with Crippen LogP contribution in [0.15, 0.2) is 23.1 Å². The Bertz CT molecular complexity index is 443. The number of ether oxygens (including phenoxy) is 1. The second kappa shape index (κ2) is 5.85. The molecule has 0 aliphatic heterocycles. The molecule has 1 aromatic rings. The third-order valence-electron chi connectivity index (χ3n) is 2.02. The molecule has 0 saturated heterocycles. The number of thioether (sulfide) groups is 1. The fourth-order valence-corrected chi connectivity index (χ4v) is 2.39. The Morgan fingerprint density at radius 1 is 1.44 bits per heavy atom. The minimum absolute atomic E-state index is 0.258. The quantitative estimate of drug-likeness (QED) is 0.523. The number of carbonyl (C=O) groups excluding carboxylic acids is 1. The molecule has 5 heteroatoms. The summed E-state index contributed by atoms with van der Waals surface area (Å²) in [4.78, 5) is 12.6. The van der Waals surface area contributed by atoms with Gasteiger partial charge in [0.05, 0.1) is 0 Å². The third kappa shape index (κ3) is 4.78. The SMILES string of the molecule is CC(Sc1cc(Cl)ccc1N)C(=O)OC(C)(C)C. The van der Waals surface area contributed by atoms with Gasteiger partial charge in [0.25, 0.3) is 0 Å². The Balaban J connectivity index is 2.72. The van der Waals surface area contributed by atoms with E-state index >= 15 is 0 Å². The largest absolute Gasteiger partial charge is 0.459 e. The summed E-state index contributed by atoms with van der Waals surface area (Å²) in [6.07, 6.45) is 0. The van der Waals surface area contributed by atoms with Gasteiger partial charge in [0, 0.05) is 15.6 Å². The number of halogens is 1. The average Bonchev–Trinajstić information content (AvgIpc) is 2.21. The number of esters is 1. The Kier molecular flexibility index (Phi) is 4.93. The van der Waals surface area contributed by atoms with E-state index in [4.69, 9.17) is 22.1 Å². The van der Waals surface area contributed by atoms with Crippen LogP contribution in [0.5, 0.6) is 0 Å². The number of hydrogen-bond donors (Lipinski definition) is 1. The zero-order chi connectivity index (χ0) is 13.9. The van der Waals surface area contributed by atoms with Gasteiger partial charge in [-0.3, -0.25) is 4.79 Å². The molecule has 1 aromatic carbocycles. The predicted octanol–water partition coefficient (Wildman–Crippen LogP) is 3.74. The molecule has 0 aliphatic carbocycles. The summed E-state index contributed by atoms with van der Waals surface area (Å²) >= 11 is 7.25. The zero-order valence-corrected chi connectivity index (χ0v) is 12.6. The first-order valence-corrected chi connectivity index (χ1v) is 6.89. The van der Waals surface area contributed by atoms with Gasteiger partial charge in [-0.05, 0) is 45.9 Å². The van der Waals surface area contributed by atoms with Gasteiger partial charge in [0.1, 0.15) is 10.9 Å². The molecular formula is C13H18ClNO2S. The molecular weight excluding hydrogens is 270 g/mol. The summed E-state index contributed by atoms with van der Waals surface area (Å²) in [5, 5.41) is 0.271. The van der Waals surface area contributed by atoms with E-state index in [-0.39, 0.29) is 11.2 Å². The number of benzene rings is 1. The van der Waals surface area contributed by atoms with Crippen LogP contribution >= 0.6 is 23.4 Å². The highest BCUT2D eigenvalue weighted by Gasteiger charge is 2.23. The number of nitrogen functional groups attached to an aromatic ring is 1. The maximum absolute atomic E-state index is 11.8. The van der Waals surface area contributed by atoms with Gasteiger partial charge >= 0.3 is 5.97 Å². The van der Waals surface area contributed by atoms with Gasteiger partial charge < -0.3 is 10.5 Å². The number of carbonyl (C=O) groups is 1. The number of anilines is 1. The van der Waals surface area contributed by atoms with Crippen molar-refractivity contribution in [3.8, 4) is 0 Å². The molecule has 1 rings (SSSR count). The molecule has 0 aromatic heterocycles. The normalized spacial score (nSPS) is 13.2. The molecule has 2 N–H and O–H groups in total. The van der Waals surface area contributed by atoms with Crippen LogP contribution in [0.25, 0.3) is 0 Å². The topological polar surface area (TPSA) is 52.3 Å². The Morgan fingerprint density at radius 2 is 2.06 bits per heavy atom. The lowest BCUT2D eigenvalue weighted by molar-refractivity contribution is -0.153. The minimum Gasteiger partial charge on any atom is -0.459 e. The molecule has 3 nitrogen and oxygen atoms in total. The molecule has 0 heterocycles. The van der Waals surface area contributed by atoms with E-state index < -0.39 is 5.60 Å². The molecule has 100 valence electrons. The highest BCUT2D eigenvalue weighted by atomic mass is 35.5. The van der Waals surface area contributed by atoms with Crippen molar-refractivity contribution < 1.29 is 9.53 Å². The lowest BCUT2D eigenvalue weighted by Gasteiger charge is -2.22. The first-order chi connectivity index (χ1) is 8.19. The lowest BCUT2D eigenvalue weighted by Crippen LogP contribution is -2.28. The first-order valence-electron chi connectivity index (χ1n) is 5.63. The predicted molar refractivity (Wildman–Crippen MR) is 77.0 cm³/mol. The second-order valence-corrected chi connectivity index (χ2v) is 6.79. The van der Waals surface area contributed by atoms with Crippen LogP contribution in [0.3, 0.4) is 0 Å². The Morgan fingerprint density at radius 3 is 2.61 bits per heavy atom. The molecule has 0 spiro atoms. The Hall–Kier alpha value is -0.870. The summed E-state index contributed by atoms with van der Waals surface area (Å²) < 4.78 is 5.31. The fraction of sp³-hybridized carbons (Fsp3) is 0.462. The van der Waals surface area contributed by atoms with E-state index in [9.17, 15) is 4.79 Å². The standard InChI is InChI=1S/C13H18ClNO2S/c1-8(12(16)17-13(2,3)4)18-11-7-9(14)5-6-10(11)15/h5-8H,15H2,1-4H3. The summed E-state index contributed by atoms with van der Waals surface area (Å²) in [7, 11) is 0. The van der Waals surface area contributed by atoms with Crippen LogP contribution < -0.4 is 5.73 Å². The van der Waals surface area contributed by atoms with E-state index in [0.29, 0.717) is 10.7 Å². The first kappa shape index (κ1) is 15.2. The smallest absolute Gasteiger partial charge is 0.319 e. The molecule has 0 fully saturated rings. The molecule has 1 unspecified atom stereocenters. The fourth-order valence-electron chi connectivity index (χ4n) is 1.23. The van der Waals surface area contributed by atoms with Gasteiger partial charge in [0.15, 0.2) is 0 Å². The number of nitrogens with two attached hydrogens (primary N) is 1. The summed E-state index contributed by atoms with van der Waals surface area (Å²) in [6, 6.07) is 5.20. The van der Waals surface area contributed by atoms with Crippen LogP contribution in [-0.4, -0.2) is 16.8 Å². The monoisotopic (exact) mass is 287 g/mol. The maximum Gasteiger partial charge on any atom is 0.319 e. The van der Waals surface area contributed by atoms with Crippen LogP contribution in [-0.2, 0) is 9.53 Å². The average molecular weight is 288 g/mol. The second-order valence-electron chi connectivity index (χ2n) is 4.98. The molecule has 0 aliphatic rings. The molecule has 0 radical (unpaired) electrons. The van der Waals surface area contributed by atoms with E-state index in [0.717, 1.165) is 4.90 Å².